The van der Waals surface area contributed by atoms with Crippen molar-refractivity contribution < 1.29 is 9.59 Å². The van der Waals surface area contributed by atoms with Gasteiger partial charge in [0.2, 0.25) is 0 Å². The van der Waals surface area contributed by atoms with Crippen LogP contribution in [0.1, 0.15) is 28.6 Å². The maximum absolute atomic E-state index is 12.9. The number of imide groups is 1. The van der Waals surface area contributed by atoms with Gasteiger partial charge >= 0.3 is 6.03 Å². The molecule has 3 rings (SSSR count). The highest BCUT2D eigenvalue weighted by molar-refractivity contribution is 7.09. The number of nitrogens with zero attached hydrogens (tertiary/aromatic N) is 2. The van der Waals surface area contributed by atoms with Crippen LogP contribution in [0, 0.1) is 13.8 Å². The van der Waals surface area contributed by atoms with Crippen LogP contribution in [0.3, 0.4) is 0 Å². The summed E-state index contributed by atoms with van der Waals surface area (Å²) in [5, 5.41) is 2.86. The van der Waals surface area contributed by atoms with Gasteiger partial charge in [-0.2, -0.15) is 0 Å². The van der Waals surface area contributed by atoms with E-state index in [-0.39, 0.29) is 11.9 Å². The molecule has 6 heteroatoms. The van der Waals surface area contributed by atoms with Crippen LogP contribution in [-0.2, 0) is 16.8 Å². The molecule has 1 aromatic heterocycles. The summed E-state index contributed by atoms with van der Waals surface area (Å²) in [5.74, 6) is -0.195. The van der Waals surface area contributed by atoms with E-state index in [1.807, 2.05) is 38.1 Å². The molecule has 2 heterocycles. The van der Waals surface area contributed by atoms with Gasteiger partial charge in [0.05, 0.1) is 11.2 Å². The molecule has 1 aliphatic heterocycles. The third kappa shape index (κ3) is 2.63. The van der Waals surface area contributed by atoms with Crippen molar-refractivity contribution in [3.05, 3.63) is 51.5 Å². The average molecular weight is 329 g/mol. The molecule has 120 valence electrons. The third-order valence-corrected chi connectivity index (χ3v) is 5.36. The van der Waals surface area contributed by atoms with E-state index >= 15 is 0 Å². The van der Waals surface area contributed by atoms with Gasteiger partial charge in [-0.15, -0.1) is 11.3 Å². The van der Waals surface area contributed by atoms with E-state index in [1.54, 1.807) is 23.8 Å². The molecule has 23 heavy (non-hydrogen) atoms. The molecule has 1 saturated heterocycles. The van der Waals surface area contributed by atoms with Gasteiger partial charge in [-0.25, -0.2) is 9.78 Å². The van der Waals surface area contributed by atoms with E-state index in [0.29, 0.717) is 13.0 Å². The molecular weight excluding hydrogens is 310 g/mol. The van der Waals surface area contributed by atoms with Crippen LogP contribution < -0.4 is 5.32 Å². The highest BCUT2D eigenvalue weighted by Crippen LogP contribution is 2.31. The van der Waals surface area contributed by atoms with Crippen LogP contribution in [0.25, 0.3) is 0 Å². The Balaban J connectivity index is 1.82. The van der Waals surface area contributed by atoms with Crippen molar-refractivity contribution in [2.45, 2.75) is 32.7 Å². The molecule has 3 amide bonds. The van der Waals surface area contributed by atoms with Gasteiger partial charge in [0.15, 0.2) is 0 Å². The van der Waals surface area contributed by atoms with Crippen molar-refractivity contribution in [3.8, 4) is 0 Å². The standard InChI is InChI=1S/C17H19N3O2S/c1-11-6-4-5-7-13(11)17(3)15(21)20(16(22)19-17)9-8-14-12(2)18-10-23-14/h4-7,10H,8-9H2,1-3H3,(H,19,22). The van der Waals surface area contributed by atoms with E-state index in [0.717, 1.165) is 21.7 Å². The summed E-state index contributed by atoms with van der Waals surface area (Å²) in [6.07, 6.45) is 0.638. The summed E-state index contributed by atoms with van der Waals surface area (Å²) in [7, 11) is 0. The minimum absolute atomic E-state index is 0.195. The Hall–Kier alpha value is -2.21. The molecule has 0 saturated carbocycles. The summed E-state index contributed by atoms with van der Waals surface area (Å²) in [5.41, 5.74) is 3.58. The van der Waals surface area contributed by atoms with Gasteiger partial charge in [-0.1, -0.05) is 24.3 Å². The van der Waals surface area contributed by atoms with Crippen LogP contribution in [0.15, 0.2) is 29.8 Å². The molecule has 0 bridgehead atoms. The molecule has 0 spiro atoms. The molecule has 2 aromatic rings. The van der Waals surface area contributed by atoms with Gasteiger partial charge in [-0.05, 0) is 31.9 Å². The predicted octanol–water partition coefficient (Wildman–Crippen LogP) is 2.77. The fourth-order valence-corrected chi connectivity index (χ4v) is 3.77. The Labute approximate surface area is 139 Å². The fraction of sp³-hybridized carbons (Fsp3) is 0.353. The van der Waals surface area contributed by atoms with Crippen molar-refractivity contribution >= 4 is 23.3 Å². The van der Waals surface area contributed by atoms with E-state index in [9.17, 15) is 9.59 Å². The van der Waals surface area contributed by atoms with Crippen LogP contribution in [0.2, 0.25) is 0 Å². The Kier molecular flexibility index (Phi) is 3.93. The Morgan fingerprint density at radius 2 is 2.00 bits per heavy atom. The first-order valence-corrected chi connectivity index (χ1v) is 8.40. The first kappa shape index (κ1) is 15.7. The van der Waals surface area contributed by atoms with E-state index in [4.69, 9.17) is 0 Å². The fourth-order valence-electron chi connectivity index (χ4n) is 3.00. The lowest BCUT2D eigenvalue weighted by molar-refractivity contribution is -0.131. The summed E-state index contributed by atoms with van der Waals surface area (Å²) in [6, 6.07) is 7.32. The summed E-state index contributed by atoms with van der Waals surface area (Å²) in [6.45, 7) is 6.03. The topological polar surface area (TPSA) is 62.3 Å². The average Bonchev–Trinajstić information content (AvgIpc) is 3.01. The molecule has 1 aromatic carbocycles. The van der Waals surface area contributed by atoms with Crippen LogP contribution in [-0.4, -0.2) is 28.4 Å². The number of hydrogen-bond donors (Lipinski definition) is 1. The Morgan fingerprint density at radius 1 is 1.26 bits per heavy atom. The van der Waals surface area contributed by atoms with E-state index in [1.165, 1.54) is 4.90 Å². The molecule has 1 aliphatic rings. The lowest BCUT2D eigenvalue weighted by Gasteiger charge is -2.24. The zero-order valence-corrected chi connectivity index (χ0v) is 14.2. The van der Waals surface area contributed by atoms with Crippen molar-refractivity contribution in [2.24, 2.45) is 0 Å². The highest BCUT2D eigenvalue weighted by Gasteiger charge is 2.49. The van der Waals surface area contributed by atoms with Crippen molar-refractivity contribution in [1.29, 1.82) is 0 Å². The molecule has 1 atom stereocenters. The third-order valence-electron chi connectivity index (χ3n) is 4.37. The van der Waals surface area contributed by atoms with E-state index in [2.05, 4.69) is 10.3 Å². The second kappa shape index (κ2) is 5.77. The quantitative estimate of drug-likeness (QED) is 0.877. The van der Waals surface area contributed by atoms with Gasteiger partial charge in [-0.3, -0.25) is 9.69 Å². The summed E-state index contributed by atoms with van der Waals surface area (Å²) in [4.78, 5) is 31.8. The minimum atomic E-state index is -0.995. The van der Waals surface area contributed by atoms with Crippen LogP contribution in [0.5, 0.6) is 0 Å². The van der Waals surface area contributed by atoms with Crippen molar-refractivity contribution in [1.82, 2.24) is 15.2 Å². The SMILES string of the molecule is Cc1ccccc1C1(C)NC(=O)N(CCc2scnc2C)C1=O. The number of benzene rings is 1. The number of carbonyl (C=O) groups excluding carboxylic acids is 2. The maximum atomic E-state index is 12.9. The smallest absolute Gasteiger partial charge is 0.319 e. The number of urea groups is 1. The largest absolute Gasteiger partial charge is 0.325 e. The Bertz CT molecular complexity index is 771. The molecule has 1 fully saturated rings. The summed E-state index contributed by atoms with van der Waals surface area (Å²) >= 11 is 1.55. The number of hydrogen-bond acceptors (Lipinski definition) is 4. The zero-order chi connectivity index (χ0) is 16.6. The first-order chi connectivity index (χ1) is 10.9. The number of carbonyl (C=O) groups is 2. The Morgan fingerprint density at radius 3 is 2.65 bits per heavy atom. The maximum Gasteiger partial charge on any atom is 0.325 e. The van der Waals surface area contributed by atoms with Gasteiger partial charge < -0.3 is 5.32 Å². The highest BCUT2D eigenvalue weighted by atomic mass is 32.1. The zero-order valence-electron chi connectivity index (χ0n) is 13.4. The first-order valence-electron chi connectivity index (χ1n) is 7.52. The van der Waals surface area contributed by atoms with Gasteiger partial charge in [0.25, 0.3) is 5.91 Å². The number of aromatic nitrogens is 1. The second-order valence-corrected chi connectivity index (χ2v) is 6.88. The molecule has 5 nitrogen and oxygen atoms in total. The lowest BCUT2D eigenvalue weighted by Crippen LogP contribution is -2.41. The molecular formula is C17H19N3O2S. The number of nitrogens with one attached hydrogen (secondary N) is 1. The molecule has 0 radical (unpaired) electrons. The van der Waals surface area contributed by atoms with Crippen molar-refractivity contribution in [3.63, 3.8) is 0 Å². The van der Waals surface area contributed by atoms with Crippen LogP contribution in [0.4, 0.5) is 4.79 Å². The van der Waals surface area contributed by atoms with Crippen molar-refractivity contribution in [2.75, 3.05) is 6.54 Å². The number of rotatable bonds is 4. The molecule has 0 aliphatic carbocycles. The normalized spacial score (nSPS) is 20.9. The monoisotopic (exact) mass is 329 g/mol. The van der Waals surface area contributed by atoms with E-state index < -0.39 is 5.54 Å². The van der Waals surface area contributed by atoms with Crippen LogP contribution >= 0.6 is 11.3 Å². The molecule has 1 unspecified atom stereocenters. The predicted molar refractivity (Wildman–Crippen MR) is 89.3 cm³/mol. The van der Waals surface area contributed by atoms with Gasteiger partial charge in [0, 0.05) is 17.8 Å². The second-order valence-electron chi connectivity index (χ2n) is 5.94. The van der Waals surface area contributed by atoms with Gasteiger partial charge in [0.1, 0.15) is 5.54 Å². The minimum Gasteiger partial charge on any atom is -0.319 e. The lowest BCUT2D eigenvalue weighted by atomic mass is 9.88. The number of aryl methyl sites for hydroxylation is 2. The number of amides is 3. The number of thiazole rings is 1. The summed E-state index contributed by atoms with van der Waals surface area (Å²) < 4.78 is 0. The molecule has 1 N–H and O–H groups in total.